The average Bonchev–Trinajstić information content (AvgIpc) is 2.47. The second kappa shape index (κ2) is 6.19. The lowest BCUT2D eigenvalue weighted by molar-refractivity contribution is 0.0950. The van der Waals surface area contributed by atoms with Crippen LogP contribution in [-0.2, 0) is 9.84 Å². The molecule has 0 aliphatic heterocycles. The number of hydrogen-bond acceptors (Lipinski definition) is 4. The SMILES string of the molecule is Cc1ccc(S(C)(=O)=O)cc1C(=O)NN(C)c1ccccc1. The van der Waals surface area contributed by atoms with Crippen molar-refractivity contribution in [1.29, 1.82) is 0 Å². The molecule has 22 heavy (non-hydrogen) atoms. The molecule has 0 spiro atoms. The third kappa shape index (κ3) is 3.65. The van der Waals surface area contributed by atoms with Crippen molar-refractivity contribution in [2.24, 2.45) is 0 Å². The van der Waals surface area contributed by atoms with Crippen LogP contribution >= 0.6 is 0 Å². The highest BCUT2D eigenvalue weighted by molar-refractivity contribution is 7.90. The summed E-state index contributed by atoms with van der Waals surface area (Å²) >= 11 is 0. The van der Waals surface area contributed by atoms with Crippen molar-refractivity contribution in [2.45, 2.75) is 11.8 Å². The smallest absolute Gasteiger partial charge is 0.270 e. The zero-order valence-electron chi connectivity index (χ0n) is 12.7. The van der Waals surface area contributed by atoms with Gasteiger partial charge in [0, 0.05) is 18.9 Å². The molecule has 0 saturated carbocycles. The summed E-state index contributed by atoms with van der Waals surface area (Å²) in [5.41, 5.74) is 4.61. The number of hydrazine groups is 1. The summed E-state index contributed by atoms with van der Waals surface area (Å²) in [5, 5.41) is 1.59. The molecular formula is C16H18N2O3S. The largest absolute Gasteiger partial charge is 0.288 e. The molecule has 2 rings (SSSR count). The average molecular weight is 318 g/mol. The molecule has 5 nitrogen and oxygen atoms in total. The first-order valence-electron chi connectivity index (χ1n) is 6.69. The Morgan fingerprint density at radius 2 is 1.73 bits per heavy atom. The van der Waals surface area contributed by atoms with E-state index < -0.39 is 9.84 Å². The van der Waals surface area contributed by atoms with Crippen molar-refractivity contribution in [2.75, 3.05) is 18.3 Å². The number of anilines is 1. The lowest BCUT2D eigenvalue weighted by Gasteiger charge is -2.21. The van der Waals surface area contributed by atoms with Gasteiger partial charge in [0.2, 0.25) is 0 Å². The topological polar surface area (TPSA) is 66.5 Å². The van der Waals surface area contributed by atoms with Crippen molar-refractivity contribution in [3.63, 3.8) is 0 Å². The van der Waals surface area contributed by atoms with E-state index in [4.69, 9.17) is 0 Å². The number of nitrogens with one attached hydrogen (secondary N) is 1. The molecule has 0 aromatic heterocycles. The van der Waals surface area contributed by atoms with Gasteiger partial charge >= 0.3 is 0 Å². The van der Waals surface area contributed by atoms with Gasteiger partial charge in [-0.15, -0.1) is 0 Å². The van der Waals surface area contributed by atoms with Crippen LogP contribution in [0.15, 0.2) is 53.4 Å². The fourth-order valence-electron chi connectivity index (χ4n) is 2.01. The Hall–Kier alpha value is -2.34. The Kier molecular flexibility index (Phi) is 4.51. The fraction of sp³-hybridized carbons (Fsp3) is 0.188. The van der Waals surface area contributed by atoms with Crippen molar-refractivity contribution in [3.05, 3.63) is 59.7 Å². The van der Waals surface area contributed by atoms with Crippen molar-refractivity contribution in [1.82, 2.24) is 5.43 Å². The van der Waals surface area contributed by atoms with Gasteiger partial charge in [-0.2, -0.15) is 0 Å². The quantitative estimate of drug-likeness (QED) is 0.878. The van der Waals surface area contributed by atoms with Crippen LogP contribution in [0, 0.1) is 6.92 Å². The summed E-state index contributed by atoms with van der Waals surface area (Å²) in [4.78, 5) is 12.5. The zero-order valence-corrected chi connectivity index (χ0v) is 13.5. The molecule has 0 radical (unpaired) electrons. The van der Waals surface area contributed by atoms with Crippen LogP contribution < -0.4 is 10.4 Å². The Balaban J connectivity index is 2.26. The first-order valence-corrected chi connectivity index (χ1v) is 8.58. The molecule has 0 fully saturated rings. The van der Waals surface area contributed by atoms with Crippen LogP contribution in [0.1, 0.15) is 15.9 Å². The van der Waals surface area contributed by atoms with Gasteiger partial charge in [-0.05, 0) is 36.8 Å². The van der Waals surface area contributed by atoms with Crippen LogP contribution in [-0.4, -0.2) is 27.6 Å². The van der Waals surface area contributed by atoms with Gasteiger partial charge in [-0.25, -0.2) is 8.42 Å². The molecule has 116 valence electrons. The maximum Gasteiger partial charge on any atom is 0.270 e. The van der Waals surface area contributed by atoms with E-state index in [1.807, 2.05) is 30.3 Å². The molecule has 6 heteroatoms. The predicted octanol–water partition coefficient (Wildman–Crippen LogP) is 2.18. The standard InChI is InChI=1S/C16H18N2O3S/c1-12-9-10-14(22(3,20)21)11-15(12)16(19)17-18(2)13-7-5-4-6-8-13/h4-11H,1-3H3,(H,17,19). The van der Waals surface area contributed by atoms with Crippen molar-refractivity contribution in [3.8, 4) is 0 Å². The number of nitrogens with zero attached hydrogens (tertiary/aromatic N) is 1. The van der Waals surface area contributed by atoms with Gasteiger partial charge in [-0.3, -0.25) is 15.2 Å². The van der Waals surface area contributed by atoms with Gasteiger partial charge in [0.1, 0.15) is 0 Å². The van der Waals surface area contributed by atoms with Crippen LogP contribution in [0.2, 0.25) is 0 Å². The van der Waals surface area contributed by atoms with E-state index in [0.29, 0.717) is 11.1 Å². The summed E-state index contributed by atoms with van der Waals surface area (Å²) in [6.45, 7) is 1.77. The number of carbonyl (C=O) groups is 1. The third-order valence-electron chi connectivity index (χ3n) is 3.29. The van der Waals surface area contributed by atoms with E-state index in [1.165, 1.54) is 12.1 Å². The molecule has 0 aliphatic rings. The lowest BCUT2D eigenvalue weighted by Crippen LogP contribution is -2.39. The summed E-state index contributed by atoms with van der Waals surface area (Å²) < 4.78 is 23.2. The normalized spacial score (nSPS) is 11.0. The fourth-order valence-corrected chi connectivity index (χ4v) is 2.65. The maximum absolute atomic E-state index is 12.4. The number of benzene rings is 2. The van der Waals surface area contributed by atoms with E-state index >= 15 is 0 Å². The highest BCUT2D eigenvalue weighted by Crippen LogP contribution is 2.16. The van der Waals surface area contributed by atoms with E-state index in [2.05, 4.69) is 5.43 Å². The summed E-state index contributed by atoms with van der Waals surface area (Å²) in [6, 6.07) is 13.9. The number of carbonyl (C=O) groups excluding carboxylic acids is 1. The Labute approximate surface area is 130 Å². The minimum Gasteiger partial charge on any atom is -0.288 e. The molecule has 0 bridgehead atoms. The third-order valence-corrected chi connectivity index (χ3v) is 4.40. The van der Waals surface area contributed by atoms with Gasteiger partial charge < -0.3 is 0 Å². The van der Waals surface area contributed by atoms with Crippen LogP contribution in [0.4, 0.5) is 5.69 Å². The van der Waals surface area contributed by atoms with Gasteiger partial charge in [0.25, 0.3) is 5.91 Å². The monoisotopic (exact) mass is 318 g/mol. The number of hydrogen-bond donors (Lipinski definition) is 1. The molecule has 0 aliphatic carbocycles. The number of rotatable bonds is 4. The van der Waals surface area contributed by atoms with Gasteiger partial charge in [0.05, 0.1) is 10.6 Å². The second-order valence-electron chi connectivity index (χ2n) is 5.08. The zero-order chi connectivity index (χ0) is 16.3. The molecule has 0 atom stereocenters. The Morgan fingerprint density at radius 1 is 1.09 bits per heavy atom. The highest BCUT2D eigenvalue weighted by Gasteiger charge is 2.15. The number of para-hydroxylation sites is 1. The van der Waals surface area contributed by atoms with Crippen molar-refractivity contribution < 1.29 is 13.2 Å². The van der Waals surface area contributed by atoms with Crippen molar-refractivity contribution >= 4 is 21.4 Å². The molecule has 2 aromatic rings. The number of aryl methyl sites for hydroxylation is 1. The molecular weight excluding hydrogens is 300 g/mol. The first-order chi connectivity index (χ1) is 10.3. The Bertz CT molecular complexity index is 786. The molecule has 1 N–H and O–H groups in total. The molecule has 0 heterocycles. The van der Waals surface area contributed by atoms with Crippen LogP contribution in [0.25, 0.3) is 0 Å². The summed E-state index contributed by atoms with van der Waals surface area (Å²) in [6.07, 6.45) is 1.12. The minimum atomic E-state index is -3.35. The van der Waals surface area contributed by atoms with E-state index in [1.54, 1.807) is 25.0 Å². The molecule has 0 unspecified atom stereocenters. The molecule has 0 saturated heterocycles. The predicted molar refractivity (Wildman–Crippen MR) is 86.6 cm³/mol. The van der Waals surface area contributed by atoms with Gasteiger partial charge in [-0.1, -0.05) is 24.3 Å². The van der Waals surface area contributed by atoms with Crippen LogP contribution in [0.5, 0.6) is 0 Å². The van der Waals surface area contributed by atoms with E-state index in [-0.39, 0.29) is 10.8 Å². The number of sulfone groups is 1. The maximum atomic E-state index is 12.4. The minimum absolute atomic E-state index is 0.130. The molecule has 2 aromatic carbocycles. The molecule has 1 amide bonds. The highest BCUT2D eigenvalue weighted by atomic mass is 32.2. The first kappa shape index (κ1) is 16.0. The lowest BCUT2D eigenvalue weighted by atomic mass is 10.1. The summed E-state index contributed by atoms with van der Waals surface area (Å²) in [5.74, 6) is -0.352. The van der Waals surface area contributed by atoms with Gasteiger partial charge in [0.15, 0.2) is 9.84 Å². The number of amides is 1. The summed E-state index contributed by atoms with van der Waals surface area (Å²) in [7, 11) is -1.62. The Morgan fingerprint density at radius 3 is 2.32 bits per heavy atom. The second-order valence-corrected chi connectivity index (χ2v) is 7.10. The van der Waals surface area contributed by atoms with E-state index in [0.717, 1.165) is 11.9 Å². The van der Waals surface area contributed by atoms with E-state index in [9.17, 15) is 13.2 Å². The van der Waals surface area contributed by atoms with Crippen LogP contribution in [0.3, 0.4) is 0 Å².